The van der Waals surface area contributed by atoms with Crippen molar-refractivity contribution in [3.05, 3.63) is 41.6 Å². The first kappa shape index (κ1) is 12.4. The SMILES string of the molecule is C=C1CN(C)c2nc(C3=CCOCC3)ccc2C1C. The normalized spacial score (nSPS) is 23.1. The van der Waals surface area contributed by atoms with E-state index in [0.29, 0.717) is 12.5 Å². The van der Waals surface area contributed by atoms with Crippen LogP contribution in [0.4, 0.5) is 5.82 Å². The molecule has 0 aromatic carbocycles. The van der Waals surface area contributed by atoms with Crippen molar-refractivity contribution in [2.24, 2.45) is 0 Å². The van der Waals surface area contributed by atoms with Gasteiger partial charge in [-0.2, -0.15) is 0 Å². The molecule has 3 rings (SSSR count). The van der Waals surface area contributed by atoms with Crippen molar-refractivity contribution < 1.29 is 4.74 Å². The van der Waals surface area contributed by atoms with Gasteiger partial charge < -0.3 is 9.64 Å². The Hall–Kier alpha value is -1.61. The van der Waals surface area contributed by atoms with Crippen LogP contribution in [-0.4, -0.2) is 31.8 Å². The van der Waals surface area contributed by atoms with Gasteiger partial charge in [-0.25, -0.2) is 4.98 Å². The zero-order chi connectivity index (χ0) is 13.4. The summed E-state index contributed by atoms with van der Waals surface area (Å²) in [4.78, 5) is 7.06. The smallest absolute Gasteiger partial charge is 0.133 e. The van der Waals surface area contributed by atoms with E-state index in [1.807, 2.05) is 0 Å². The van der Waals surface area contributed by atoms with Gasteiger partial charge in [0.05, 0.1) is 18.9 Å². The van der Waals surface area contributed by atoms with E-state index in [9.17, 15) is 0 Å². The molecular formula is C16H20N2O. The van der Waals surface area contributed by atoms with Gasteiger partial charge in [-0.3, -0.25) is 0 Å². The van der Waals surface area contributed by atoms with Gasteiger partial charge in [0.1, 0.15) is 5.82 Å². The first-order valence-electron chi connectivity index (χ1n) is 6.83. The molecule has 2 aliphatic rings. The molecule has 1 aromatic heterocycles. The molecule has 19 heavy (non-hydrogen) atoms. The van der Waals surface area contributed by atoms with Crippen LogP contribution in [0.3, 0.4) is 0 Å². The molecule has 3 nitrogen and oxygen atoms in total. The van der Waals surface area contributed by atoms with Gasteiger partial charge in [-0.15, -0.1) is 0 Å². The number of pyridine rings is 1. The van der Waals surface area contributed by atoms with Crippen LogP contribution in [0, 0.1) is 0 Å². The van der Waals surface area contributed by atoms with Crippen LogP contribution < -0.4 is 4.90 Å². The Kier molecular flexibility index (Phi) is 3.15. The summed E-state index contributed by atoms with van der Waals surface area (Å²) in [6, 6.07) is 4.35. The molecule has 0 bridgehead atoms. The Bertz CT molecular complexity index is 548. The predicted octanol–water partition coefficient (Wildman–Crippen LogP) is 2.99. The van der Waals surface area contributed by atoms with Gasteiger partial charge in [0.2, 0.25) is 0 Å². The molecule has 1 aromatic rings. The van der Waals surface area contributed by atoms with Gasteiger partial charge in [0.15, 0.2) is 0 Å². The van der Waals surface area contributed by atoms with Crippen LogP contribution in [0.25, 0.3) is 5.57 Å². The number of hydrogen-bond acceptors (Lipinski definition) is 3. The third kappa shape index (κ3) is 2.19. The molecule has 100 valence electrons. The summed E-state index contributed by atoms with van der Waals surface area (Å²) in [5.74, 6) is 1.50. The number of likely N-dealkylation sites (N-methyl/N-ethyl adjacent to an activating group) is 1. The molecule has 0 saturated carbocycles. The highest BCUT2D eigenvalue weighted by Gasteiger charge is 2.24. The molecule has 0 fully saturated rings. The fraction of sp³-hybridized carbons (Fsp3) is 0.438. The summed E-state index contributed by atoms with van der Waals surface area (Å²) in [5, 5.41) is 0. The van der Waals surface area contributed by atoms with E-state index in [0.717, 1.165) is 31.1 Å². The van der Waals surface area contributed by atoms with E-state index in [2.05, 4.69) is 43.7 Å². The van der Waals surface area contributed by atoms with Crippen molar-refractivity contribution in [1.82, 2.24) is 4.98 Å². The number of ether oxygens (including phenoxy) is 1. The average Bonchev–Trinajstić information content (AvgIpc) is 2.45. The van der Waals surface area contributed by atoms with Crippen LogP contribution >= 0.6 is 0 Å². The minimum atomic E-state index is 0.399. The van der Waals surface area contributed by atoms with E-state index in [-0.39, 0.29) is 0 Å². The van der Waals surface area contributed by atoms with Crippen molar-refractivity contribution in [1.29, 1.82) is 0 Å². The lowest BCUT2D eigenvalue weighted by atomic mass is 9.90. The Morgan fingerprint density at radius 1 is 1.42 bits per heavy atom. The lowest BCUT2D eigenvalue weighted by Crippen LogP contribution is -2.29. The number of aromatic nitrogens is 1. The largest absolute Gasteiger partial charge is 0.377 e. The number of anilines is 1. The average molecular weight is 256 g/mol. The molecule has 2 aliphatic heterocycles. The summed E-state index contributed by atoms with van der Waals surface area (Å²) in [5.41, 5.74) is 4.94. The third-order valence-electron chi connectivity index (χ3n) is 4.08. The number of hydrogen-bond donors (Lipinski definition) is 0. The monoisotopic (exact) mass is 256 g/mol. The first-order chi connectivity index (χ1) is 9.16. The second-order valence-electron chi connectivity index (χ2n) is 5.40. The van der Waals surface area contributed by atoms with E-state index in [1.165, 1.54) is 16.7 Å². The molecule has 0 saturated heterocycles. The molecule has 0 N–H and O–H groups in total. The Labute approximate surface area is 114 Å². The predicted molar refractivity (Wildman–Crippen MR) is 78.5 cm³/mol. The molecule has 0 spiro atoms. The number of rotatable bonds is 1. The Morgan fingerprint density at radius 3 is 3.00 bits per heavy atom. The van der Waals surface area contributed by atoms with Crippen LogP contribution in [-0.2, 0) is 4.74 Å². The van der Waals surface area contributed by atoms with Gasteiger partial charge in [-0.1, -0.05) is 31.2 Å². The zero-order valence-electron chi connectivity index (χ0n) is 11.6. The third-order valence-corrected chi connectivity index (χ3v) is 4.08. The fourth-order valence-corrected chi connectivity index (χ4v) is 2.78. The summed E-state index contributed by atoms with van der Waals surface area (Å²) >= 11 is 0. The maximum atomic E-state index is 5.36. The van der Waals surface area contributed by atoms with Gasteiger partial charge in [-0.05, 0) is 18.1 Å². The highest BCUT2D eigenvalue weighted by Crippen LogP contribution is 2.36. The molecule has 0 aliphatic carbocycles. The first-order valence-corrected chi connectivity index (χ1v) is 6.83. The highest BCUT2D eigenvalue weighted by atomic mass is 16.5. The quantitative estimate of drug-likeness (QED) is 0.722. The number of fused-ring (bicyclic) bond motifs is 1. The molecule has 1 unspecified atom stereocenters. The summed E-state index contributed by atoms with van der Waals surface area (Å²) in [6.45, 7) is 8.77. The minimum absolute atomic E-state index is 0.399. The lowest BCUT2D eigenvalue weighted by Gasteiger charge is -2.32. The minimum Gasteiger partial charge on any atom is -0.377 e. The Morgan fingerprint density at radius 2 is 2.26 bits per heavy atom. The fourth-order valence-electron chi connectivity index (χ4n) is 2.78. The topological polar surface area (TPSA) is 25.4 Å². The van der Waals surface area contributed by atoms with Gasteiger partial charge in [0.25, 0.3) is 0 Å². The van der Waals surface area contributed by atoms with Crippen LogP contribution in [0.15, 0.2) is 30.4 Å². The van der Waals surface area contributed by atoms with Crippen molar-refractivity contribution in [2.75, 3.05) is 31.7 Å². The van der Waals surface area contributed by atoms with E-state index in [1.54, 1.807) is 0 Å². The van der Waals surface area contributed by atoms with Crippen LogP contribution in [0.2, 0.25) is 0 Å². The standard InChI is InChI=1S/C16H20N2O/c1-11-10-18(3)16-14(12(11)2)4-5-15(17-16)13-6-8-19-9-7-13/h4-6,12H,1,7-10H2,2-3H3. The van der Waals surface area contributed by atoms with Crippen molar-refractivity contribution in [3.8, 4) is 0 Å². The second-order valence-corrected chi connectivity index (χ2v) is 5.40. The van der Waals surface area contributed by atoms with Gasteiger partial charge in [0, 0.05) is 25.1 Å². The van der Waals surface area contributed by atoms with Crippen LogP contribution in [0.5, 0.6) is 0 Å². The molecule has 1 atom stereocenters. The van der Waals surface area contributed by atoms with E-state index < -0.39 is 0 Å². The summed E-state index contributed by atoms with van der Waals surface area (Å²) in [6.07, 6.45) is 3.10. The highest BCUT2D eigenvalue weighted by molar-refractivity contribution is 5.67. The molecule has 0 radical (unpaired) electrons. The molecular weight excluding hydrogens is 236 g/mol. The van der Waals surface area contributed by atoms with E-state index >= 15 is 0 Å². The number of nitrogens with zero attached hydrogens (tertiary/aromatic N) is 2. The second kappa shape index (κ2) is 4.82. The maximum Gasteiger partial charge on any atom is 0.133 e. The van der Waals surface area contributed by atoms with Crippen molar-refractivity contribution >= 4 is 11.4 Å². The summed E-state index contributed by atoms with van der Waals surface area (Å²) in [7, 11) is 2.09. The Balaban J connectivity index is 2.01. The lowest BCUT2D eigenvalue weighted by molar-refractivity contribution is 0.161. The van der Waals surface area contributed by atoms with Crippen molar-refractivity contribution in [2.45, 2.75) is 19.3 Å². The molecule has 3 heterocycles. The van der Waals surface area contributed by atoms with Crippen LogP contribution in [0.1, 0.15) is 30.5 Å². The van der Waals surface area contributed by atoms with E-state index in [4.69, 9.17) is 9.72 Å². The molecule has 0 amide bonds. The molecule has 3 heteroatoms. The maximum absolute atomic E-state index is 5.36. The van der Waals surface area contributed by atoms with Gasteiger partial charge >= 0.3 is 0 Å². The summed E-state index contributed by atoms with van der Waals surface area (Å²) < 4.78 is 5.36. The van der Waals surface area contributed by atoms with Crippen molar-refractivity contribution in [3.63, 3.8) is 0 Å². The zero-order valence-corrected chi connectivity index (χ0v) is 11.6.